The number of Topliss-reactive ketones (excluding diaryl/α,β-unsaturated/α-hetero) is 4. The average molecular weight is 999 g/mol. The van der Waals surface area contributed by atoms with Gasteiger partial charge in [-0.1, -0.05) is 148 Å². The second-order valence-corrected chi connectivity index (χ2v) is 19.1. The molecule has 72 heavy (non-hydrogen) atoms. The van der Waals surface area contributed by atoms with E-state index in [1.807, 2.05) is 92.7 Å². The highest BCUT2D eigenvalue weighted by molar-refractivity contribution is 6.02. The van der Waals surface area contributed by atoms with E-state index in [9.17, 15) is 38.4 Å². The molecule has 12 heteroatoms. The smallest absolute Gasteiger partial charge is 0.306 e. The standard InChI is InChI=1S/C19H28O3.C19H26.C17H24O6.C5H8O3/c1-7-9-17(20)22-16-12-19(5,6)15(14(4)18(16)21)11-10-13(3)8-2;1-6-11-17(3)13-8-9-14-19(5)16-10-15-18(4)12-7-2;1-11-12(2)17(3,4)9-14(16(11)21)23-15(20)6-5-13(19)7-8-22-10-18;1-4(6)2-3-5(7)8/h8,10-11,16H,7,9,12H2,1-6H3;6-16H,1-5H3;10,14H,5-9H2,1-4H3;2-3H2,1H3,(H,7,8)/b11-10+,13-8+;9-8+,11-6+,12-7+,16-10+,17-13+,18-15+,19-14+;;. The zero-order valence-corrected chi connectivity index (χ0v) is 46.3. The van der Waals surface area contributed by atoms with E-state index in [0.29, 0.717) is 30.4 Å². The molecule has 0 bridgehead atoms. The highest BCUT2D eigenvalue weighted by Crippen LogP contribution is 2.41. The molecule has 0 saturated carbocycles. The van der Waals surface area contributed by atoms with Crippen LogP contribution in [0.2, 0.25) is 0 Å². The molecule has 398 valence electrons. The van der Waals surface area contributed by atoms with Crippen LogP contribution in [0.4, 0.5) is 0 Å². The summed E-state index contributed by atoms with van der Waals surface area (Å²) < 4.78 is 15.1. The quantitative estimate of drug-likeness (QED) is 0.0356. The Morgan fingerprint density at radius 1 is 0.611 bits per heavy atom. The number of hydrogen-bond donors (Lipinski definition) is 1. The Morgan fingerprint density at radius 2 is 1.10 bits per heavy atom. The summed E-state index contributed by atoms with van der Waals surface area (Å²) in [7, 11) is 0. The highest BCUT2D eigenvalue weighted by Gasteiger charge is 2.40. The lowest BCUT2D eigenvalue weighted by Gasteiger charge is -2.36. The Hall–Kier alpha value is -6.30. The molecule has 0 aliphatic heterocycles. The van der Waals surface area contributed by atoms with Gasteiger partial charge in [-0.25, -0.2) is 0 Å². The molecule has 2 rings (SSSR count). The Kier molecular flexibility index (Phi) is 34.4. The van der Waals surface area contributed by atoms with Crippen LogP contribution in [0.15, 0.2) is 130 Å². The summed E-state index contributed by atoms with van der Waals surface area (Å²) in [5.74, 6) is -2.26. The van der Waals surface area contributed by atoms with Gasteiger partial charge in [0.05, 0.1) is 19.4 Å². The highest BCUT2D eigenvalue weighted by atomic mass is 16.6. The first kappa shape index (κ1) is 67.8. The van der Waals surface area contributed by atoms with Gasteiger partial charge in [0, 0.05) is 38.5 Å². The van der Waals surface area contributed by atoms with Gasteiger partial charge in [-0.3, -0.25) is 33.6 Å². The van der Waals surface area contributed by atoms with E-state index in [0.717, 1.165) is 23.1 Å². The number of ether oxygens (including phenoxy) is 3. The lowest BCUT2D eigenvalue weighted by molar-refractivity contribution is -0.156. The van der Waals surface area contributed by atoms with Crippen LogP contribution in [-0.2, 0) is 52.6 Å². The van der Waals surface area contributed by atoms with E-state index >= 15 is 0 Å². The first-order valence-electron chi connectivity index (χ1n) is 24.7. The maximum atomic E-state index is 12.5. The fraction of sp³-hybridized carbons (Fsp3) is 0.500. The second-order valence-electron chi connectivity index (χ2n) is 19.1. The topological polar surface area (TPSA) is 184 Å². The monoisotopic (exact) mass is 999 g/mol. The predicted molar refractivity (Wildman–Crippen MR) is 289 cm³/mol. The Labute approximate surface area is 431 Å². The zero-order chi connectivity index (χ0) is 55.6. The molecule has 0 amide bonds. The third-order valence-electron chi connectivity index (χ3n) is 11.7. The number of rotatable bonds is 22. The minimum atomic E-state index is -0.916. The van der Waals surface area contributed by atoms with Crippen LogP contribution in [0.1, 0.15) is 169 Å². The van der Waals surface area contributed by atoms with E-state index in [1.165, 1.54) is 23.6 Å². The second kappa shape index (κ2) is 36.6. The van der Waals surface area contributed by atoms with Crippen LogP contribution in [-0.4, -0.2) is 71.4 Å². The molecule has 0 saturated heterocycles. The van der Waals surface area contributed by atoms with Gasteiger partial charge in [-0.2, -0.15) is 0 Å². The normalized spacial score (nSPS) is 18.4. The molecule has 0 fully saturated rings. The molecule has 0 spiro atoms. The van der Waals surface area contributed by atoms with Crippen molar-refractivity contribution in [1.82, 2.24) is 0 Å². The van der Waals surface area contributed by atoms with Gasteiger partial charge in [-0.05, 0) is 110 Å². The molecule has 0 aromatic carbocycles. The van der Waals surface area contributed by atoms with Gasteiger partial charge in [-0.15, -0.1) is 0 Å². The molecule has 12 nitrogen and oxygen atoms in total. The van der Waals surface area contributed by atoms with Crippen LogP contribution in [0.25, 0.3) is 0 Å². The van der Waals surface area contributed by atoms with E-state index in [2.05, 4.69) is 94.0 Å². The number of aliphatic carboxylic acids is 1. The fourth-order valence-electron chi connectivity index (χ4n) is 7.01. The van der Waals surface area contributed by atoms with E-state index in [1.54, 1.807) is 6.92 Å². The Bertz CT molecular complexity index is 2190. The number of ketones is 4. The van der Waals surface area contributed by atoms with Crippen LogP contribution >= 0.6 is 0 Å². The third-order valence-corrected chi connectivity index (χ3v) is 11.7. The van der Waals surface area contributed by atoms with Gasteiger partial charge in [0.1, 0.15) is 11.6 Å². The molecule has 0 aromatic heterocycles. The fourth-order valence-corrected chi connectivity index (χ4v) is 7.01. The predicted octanol–water partition coefficient (Wildman–Crippen LogP) is 13.2. The number of esters is 2. The Morgan fingerprint density at radius 3 is 1.56 bits per heavy atom. The summed E-state index contributed by atoms with van der Waals surface area (Å²) in [4.78, 5) is 89.6. The number of carbonyl (C=O) groups is 8. The Balaban J connectivity index is 0. The number of carbonyl (C=O) groups excluding carboxylic acids is 7. The van der Waals surface area contributed by atoms with Gasteiger partial charge in [0.25, 0.3) is 6.47 Å². The van der Waals surface area contributed by atoms with Crippen molar-refractivity contribution in [2.45, 2.75) is 181 Å². The summed E-state index contributed by atoms with van der Waals surface area (Å²) in [6.45, 7) is 31.6. The van der Waals surface area contributed by atoms with E-state index < -0.39 is 24.1 Å². The number of allylic oxidation sites excluding steroid dienone is 20. The minimum absolute atomic E-state index is 0.00987. The van der Waals surface area contributed by atoms with Crippen LogP contribution in [0.3, 0.4) is 0 Å². The van der Waals surface area contributed by atoms with Gasteiger partial charge >= 0.3 is 17.9 Å². The lowest BCUT2D eigenvalue weighted by atomic mass is 9.71. The van der Waals surface area contributed by atoms with E-state index in [4.69, 9.17) is 14.6 Å². The van der Waals surface area contributed by atoms with Crippen LogP contribution in [0, 0.1) is 10.8 Å². The van der Waals surface area contributed by atoms with Crippen molar-refractivity contribution in [2.24, 2.45) is 10.8 Å². The van der Waals surface area contributed by atoms with Crippen LogP contribution in [0.5, 0.6) is 0 Å². The first-order chi connectivity index (χ1) is 33.6. The summed E-state index contributed by atoms with van der Waals surface area (Å²) in [6.07, 6.45) is 29.7. The van der Waals surface area contributed by atoms with Crippen molar-refractivity contribution in [3.8, 4) is 0 Å². The summed E-state index contributed by atoms with van der Waals surface area (Å²) in [5.41, 5.74) is 7.88. The number of carboxylic acid groups (broad SMARTS) is 1. The summed E-state index contributed by atoms with van der Waals surface area (Å²) in [5, 5.41) is 8.01. The molecule has 2 aliphatic rings. The van der Waals surface area contributed by atoms with Crippen molar-refractivity contribution in [3.63, 3.8) is 0 Å². The van der Waals surface area contributed by atoms with Crippen molar-refractivity contribution >= 4 is 47.5 Å². The number of hydrogen-bond acceptors (Lipinski definition) is 11. The molecular weight excluding hydrogens is 913 g/mol. The largest absolute Gasteiger partial charge is 0.481 e. The molecule has 2 unspecified atom stereocenters. The molecule has 0 aromatic rings. The first-order valence-corrected chi connectivity index (χ1v) is 24.7. The summed E-state index contributed by atoms with van der Waals surface area (Å²) in [6, 6.07) is 0. The number of carboxylic acids is 1. The van der Waals surface area contributed by atoms with Crippen molar-refractivity contribution in [3.05, 3.63) is 130 Å². The molecular formula is C60H86O12. The molecule has 2 aliphatic carbocycles. The van der Waals surface area contributed by atoms with E-state index in [-0.39, 0.29) is 85.1 Å². The van der Waals surface area contributed by atoms with Crippen molar-refractivity contribution in [2.75, 3.05) is 6.61 Å². The zero-order valence-electron chi connectivity index (χ0n) is 46.3. The molecule has 1 N–H and O–H groups in total. The average Bonchev–Trinajstić information content (AvgIpc) is 3.30. The molecule has 0 heterocycles. The minimum Gasteiger partial charge on any atom is -0.481 e. The SMILES string of the molecule is C/C=C(C)/C=C/C1=C(C)C(=O)C(OC(=O)CCC)CC1(C)C.C/C=C/C(C)=C/C=C/C=C(C)/C=C/C=C(C)/C=C/C.CC(=O)CCC(=O)O.CC1=C(C)C(C)(C)CC(OC(=O)CCC(=O)CCOC=O)C1=O. The maximum absolute atomic E-state index is 12.5. The molecule has 2 atom stereocenters. The maximum Gasteiger partial charge on any atom is 0.306 e. The summed E-state index contributed by atoms with van der Waals surface area (Å²) >= 11 is 0. The van der Waals surface area contributed by atoms with Gasteiger partial charge in [0.15, 0.2) is 23.8 Å². The van der Waals surface area contributed by atoms with Crippen molar-refractivity contribution in [1.29, 1.82) is 0 Å². The van der Waals surface area contributed by atoms with Gasteiger partial charge < -0.3 is 24.1 Å². The molecule has 0 radical (unpaired) electrons. The van der Waals surface area contributed by atoms with Gasteiger partial charge in [0.2, 0.25) is 0 Å². The van der Waals surface area contributed by atoms with Crippen LogP contribution < -0.4 is 0 Å². The lowest BCUT2D eigenvalue weighted by Crippen LogP contribution is -2.38. The van der Waals surface area contributed by atoms with Crippen molar-refractivity contribution < 1.29 is 57.7 Å². The third kappa shape index (κ3) is 29.8.